The van der Waals surface area contributed by atoms with E-state index in [9.17, 15) is 0 Å². The molecule has 0 fully saturated rings. The zero-order valence-electron chi connectivity index (χ0n) is 14.2. The van der Waals surface area contributed by atoms with Crippen molar-refractivity contribution < 1.29 is 9.47 Å². The predicted octanol–water partition coefficient (Wildman–Crippen LogP) is 3.10. The van der Waals surface area contributed by atoms with E-state index in [-0.39, 0.29) is 12.1 Å². The number of methoxy groups -OCH3 is 2. The highest BCUT2D eigenvalue weighted by atomic mass is 16.5. The molecule has 0 aromatic heterocycles. The lowest BCUT2D eigenvalue weighted by Gasteiger charge is -2.29. The molecule has 5 nitrogen and oxygen atoms in total. The Morgan fingerprint density at radius 1 is 1.08 bits per heavy atom. The quantitative estimate of drug-likeness (QED) is 0.906. The van der Waals surface area contributed by atoms with Gasteiger partial charge in [0.15, 0.2) is 5.96 Å². The van der Waals surface area contributed by atoms with Gasteiger partial charge >= 0.3 is 0 Å². The Balaban J connectivity index is 1.90. The van der Waals surface area contributed by atoms with Crippen molar-refractivity contribution in [1.82, 2.24) is 5.32 Å². The summed E-state index contributed by atoms with van der Waals surface area (Å²) in [6.45, 7) is 2.08. The molecule has 5 heteroatoms. The molecule has 0 spiro atoms. The van der Waals surface area contributed by atoms with Gasteiger partial charge in [0.2, 0.25) is 0 Å². The third-order valence-electron chi connectivity index (χ3n) is 4.35. The molecule has 2 atom stereocenters. The number of hydrogen-bond donors (Lipinski definition) is 2. The molecule has 2 aromatic carbocycles. The van der Waals surface area contributed by atoms with Crippen LogP contribution in [0.2, 0.25) is 0 Å². The second-order valence-electron chi connectivity index (χ2n) is 5.98. The lowest BCUT2D eigenvalue weighted by molar-refractivity contribution is 0.381. The Morgan fingerprint density at radius 3 is 2.50 bits per heavy atom. The van der Waals surface area contributed by atoms with Gasteiger partial charge in [-0.05, 0) is 31.0 Å². The highest BCUT2D eigenvalue weighted by Gasteiger charge is 2.26. The Bertz CT molecular complexity index is 741. The Hall–Kier alpha value is -2.69. The third-order valence-corrected chi connectivity index (χ3v) is 4.35. The van der Waals surface area contributed by atoms with Gasteiger partial charge in [0.1, 0.15) is 11.5 Å². The molecule has 0 radical (unpaired) electrons. The van der Waals surface area contributed by atoms with Crippen molar-refractivity contribution in [2.75, 3.05) is 14.2 Å². The number of nitrogens with one attached hydrogen (secondary N) is 1. The summed E-state index contributed by atoms with van der Waals surface area (Å²) in [5, 5.41) is 3.26. The SMILES string of the molecule is COc1ccc(C2CC(c3ccc(C)cc3)N=C(N)N2)c(OC)c1. The topological polar surface area (TPSA) is 68.9 Å². The van der Waals surface area contributed by atoms with Crippen molar-refractivity contribution in [2.24, 2.45) is 10.7 Å². The van der Waals surface area contributed by atoms with Gasteiger partial charge in [0.25, 0.3) is 0 Å². The summed E-state index contributed by atoms with van der Waals surface area (Å²) in [5.41, 5.74) is 9.49. The van der Waals surface area contributed by atoms with E-state index in [1.54, 1.807) is 14.2 Å². The number of ether oxygens (including phenoxy) is 2. The normalized spacial score (nSPS) is 20.0. The van der Waals surface area contributed by atoms with Crippen LogP contribution in [0.15, 0.2) is 47.5 Å². The first-order chi connectivity index (χ1) is 11.6. The maximum atomic E-state index is 6.04. The molecule has 1 heterocycles. The van der Waals surface area contributed by atoms with Gasteiger partial charge in [-0.3, -0.25) is 0 Å². The molecule has 3 rings (SSSR count). The summed E-state index contributed by atoms with van der Waals surface area (Å²) in [5.74, 6) is 2.00. The first kappa shape index (κ1) is 16.2. The molecule has 0 saturated heterocycles. The first-order valence-electron chi connectivity index (χ1n) is 7.99. The number of hydrogen-bond acceptors (Lipinski definition) is 5. The van der Waals surface area contributed by atoms with Crippen molar-refractivity contribution in [3.05, 3.63) is 59.2 Å². The van der Waals surface area contributed by atoms with Crippen LogP contribution in [0.5, 0.6) is 11.5 Å². The van der Waals surface area contributed by atoms with Gasteiger partial charge in [-0.25, -0.2) is 4.99 Å². The predicted molar refractivity (Wildman–Crippen MR) is 95.6 cm³/mol. The van der Waals surface area contributed by atoms with Crippen LogP contribution in [0.1, 0.15) is 35.2 Å². The lowest BCUT2D eigenvalue weighted by atomic mass is 9.93. The van der Waals surface area contributed by atoms with Crippen molar-refractivity contribution in [1.29, 1.82) is 0 Å². The van der Waals surface area contributed by atoms with Crippen LogP contribution >= 0.6 is 0 Å². The summed E-state index contributed by atoms with van der Waals surface area (Å²) >= 11 is 0. The Kier molecular flexibility index (Phi) is 4.60. The van der Waals surface area contributed by atoms with Gasteiger partial charge in [0.05, 0.1) is 26.3 Å². The minimum absolute atomic E-state index is 0.0312. The lowest BCUT2D eigenvalue weighted by Crippen LogP contribution is -2.39. The van der Waals surface area contributed by atoms with Gasteiger partial charge < -0.3 is 20.5 Å². The molecule has 2 aromatic rings. The molecule has 1 aliphatic heterocycles. The van der Waals surface area contributed by atoms with Gasteiger partial charge in [0, 0.05) is 11.6 Å². The fourth-order valence-corrected chi connectivity index (χ4v) is 3.03. The van der Waals surface area contributed by atoms with Crippen LogP contribution in [0.4, 0.5) is 0 Å². The summed E-state index contributed by atoms with van der Waals surface area (Å²) in [6.07, 6.45) is 0.812. The van der Waals surface area contributed by atoms with Crippen molar-refractivity contribution in [3.8, 4) is 11.5 Å². The zero-order valence-corrected chi connectivity index (χ0v) is 14.2. The Labute approximate surface area is 142 Å². The average Bonchev–Trinajstić information content (AvgIpc) is 2.61. The second-order valence-corrected chi connectivity index (χ2v) is 5.98. The smallest absolute Gasteiger partial charge is 0.189 e. The molecule has 3 N–H and O–H groups in total. The fourth-order valence-electron chi connectivity index (χ4n) is 3.03. The second kappa shape index (κ2) is 6.83. The number of benzene rings is 2. The van der Waals surface area contributed by atoms with Gasteiger partial charge in [-0.1, -0.05) is 29.8 Å². The molecule has 0 aliphatic carbocycles. The monoisotopic (exact) mass is 325 g/mol. The Morgan fingerprint density at radius 2 is 1.83 bits per heavy atom. The van der Waals surface area contributed by atoms with Crippen LogP contribution < -0.4 is 20.5 Å². The van der Waals surface area contributed by atoms with Crippen LogP contribution in [-0.2, 0) is 0 Å². The number of nitrogens with two attached hydrogens (primary N) is 1. The van der Waals surface area contributed by atoms with Crippen LogP contribution in [0.3, 0.4) is 0 Å². The molecule has 126 valence electrons. The van der Waals surface area contributed by atoms with Crippen molar-refractivity contribution in [2.45, 2.75) is 25.4 Å². The van der Waals surface area contributed by atoms with E-state index in [0.29, 0.717) is 5.96 Å². The zero-order chi connectivity index (χ0) is 17.1. The van der Waals surface area contributed by atoms with E-state index in [4.69, 9.17) is 15.2 Å². The number of aryl methyl sites for hydroxylation is 1. The summed E-state index contributed by atoms with van der Waals surface area (Å²) in [4.78, 5) is 4.56. The molecular weight excluding hydrogens is 302 g/mol. The van der Waals surface area contributed by atoms with E-state index in [1.165, 1.54) is 11.1 Å². The number of guanidine groups is 1. The van der Waals surface area contributed by atoms with Crippen molar-refractivity contribution in [3.63, 3.8) is 0 Å². The molecule has 0 amide bonds. The summed E-state index contributed by atoms with van der Waals surface area (Å²) < 4.78 is 10.8. The maximum Gasteiger partial charge on any atom is 0.189 e. The largest absolute Gasteiger partial charge is 0.497 e. The third kappa shape index (κ3) is 3.30. The standard InChI is InChI=1S/C19H23N3O2/c1-12-4-6-13(7-5-12)16-11-17(22-19(20)21-16)15-9-8-14(23-2)10-18(15)24-3/h4-10,16-17H,11H2,1-3H3,(H3,20,21,22). The molecule has 0 bridgehead atoms. The number of nitrogens with zero attached hydrogens (tertiary/aromatic N) is 1. The molecule has 0 saturated carbocycles. The maximum absolute atomic E-state index is 6.04. The van der Waals surface area contributed by atoms with Gasteiger partial charge in [-0.15, -0.1) is 0 Å². The summed E-state index contributed by atoms with van der Waals surface area (Å²) in [6, 6.07) is 14.3. The molecule has 24 heavy (non-hydrogen) atoms. The minimum atomic E-state index is 0.0312. The van der Waals surface area contributed by atoms with E-state index >= 15 is 0 Å². The minimum Gasteiger partial charge on any atom is -0.497 e. The molecule has 1 aliphatic rings. The number of aliphatic imine (C=N–C) groups is 1. The first-order valence-corrected chi connectivity index (χ1v) is 7.99. The van der Waals surface area contributed by atoms with E-state index in [0.717, 1.165) is 23.5 Å². The van der Waals surface area contributed by atoms with E-state index in [2.05, 4.69) is 41.5 Å². The highest BCUT2D eigenvalue weighted by molar-refractivity contribution is 5.79. The van der Waals surface area contributed by atoms with E-state index < -0.39 is 0 Å². The van der Waals surface area contributed by atoms with Crippen LogP contribution in [-0.4, -0.2) is 20.2 Å². The molecular formula is C19H23N3O2. The summed E-state index contributed by atoms with van der Waals surface area (Å²) in [7, 11) is 3.31. The van der Waals surface area contributed by atoms with Gasteiger partial charge in [-0.2, -0.15) is 0 Å². The van der Waals surface area contributed by atoms with E-state index in [1.807, 2.05) is 18.2 Å². The van der Waals surface area contributed by atoms with Crippen LogP contribution in [0.25, 0.3) is 0 Å². The number of rotatable bonds is 4. The van der Waals surface area contributed by atoms with Crippen LogP contribution in [0, 0.1) is 6.92 Å². The van der Waals surface area contributed by atoms with Crippen molar-refractivity contribution >= 4 is 5.96 Å². The highest BCUT2D eigenvalue weighted by Crippen LogP contribution is 2.37. The molecule has 2 unspecified atom stereocenters. The average molecular weight is 325 g/mol. The fraction of sp³-hybridized carbons (Fsp3) is 0.316.